The minimum absolute atomic E-state index is 0.00406. The maximum atomic E-state index is 12.2. The Kier molecular flexibility index (Phi) is 5.80. The molecule has 1 atom stereocenters. The van der Waals surface area contributed by atoms with Gasteiger partial charge in [0.15, 0.2) is 5.82 Å². The van der Waals surface area contributed by atoms with Crippen molar-refractivity contribution >= 4 is 5.91 Å². The Morgan fingerprint density at radius 3 is 2.96 bits per heavy atom. The van der Waals surface area contributed by atoms with Crippen LogP contribution in [-0.2, 0) is 17.8 Å². The van der Waals surface area contributed by atoms with Crippen LogP contribution in [0.5, 0.6) is 0 Å². The summed E-state index contributed by atoms with van der Waals surface area (Å²) in [6, 6.07) is 0.584. The van der Waals surface area contributed by atoms with Gasteiger partial charge in [0, 0.05) is 24.7 Å². The van der Waals surface area contributed by atoms with Crippen LogP contribution >= 0.6 is 0 Å². The molecule has 0 aromatic carbocycles. The summed E-state index contributed by atoms with van der Waals surface area (Å²) >= 11 is 0. The smallest absolute Gasteiger partial charge is 0.261 e. The van der Waals surface area contributed by atoms with Crippen LogP contribution in [0.2, 0.25) is 0 Å². The Morgan fingerprint density at radius 2 is 2.20 bits per heavy atom. The number of likely N-dealkylation sites (N-methyl/N-ethyl adjacent to an activating group) is 1. The van der Waals surface area contributed by atoms with E-state index in [0.717, 1.165) is 18.4 Å². The van der Waals surface area contributed by atoms with Crippen molar-refractivity contribution in [2.75, 3.05) is 7.05 Å². The molecule has 0 spiro atoms. The Labute approximate surface area is 147 Å². The molecule has 3 rings (SSSR count). The SMILES string of the molecule is CNC(C)Cc1noc(-c2cnn(CC(=O)NC3CCCCC3)c2)n1. The maximum absolute atomic E-state index is 12.2. The predicted molar refractivity (Wildman–Crippen MR) is 92.8 cm³/mol. The van der Waals surface area contributed by atoms with Crippen molar-refractivity contribution in [3.05, 3.63) is 18.2 Å². The van der Waals surface area contributed by atoms with E-state index in [1.165, 1.54) is 19.3 Å². The summed E-state index contributed by atoms with van der Waals surface area (Å²) in [7, 11) is 1.90. The number of rotatable bonds is 7. The minimum atomic E-state index is -0.00406. The van der Waals surface area contributed by atoms with Crippen LogP contribution in [0.3, 0.4) is 0 Å². The number of nitrogens with zero attached hydrogens (tertiary/aromatic N) is 4. The van der Waals surface area contributed by atoms with Crippen molar-refractivity contribution in [3.63, 3.8) is 0 Å². The van der Waals surface area contributed by atoms with E-state index >= 15 is 0 Å². The first-order valence-electron chi connectivity index (χ1n) is 8.96. The maximum Gasteiger partial charge on any atom is 0.261 e. The molecule has 1 aliphatic rings. The molecule has 2 heterocycles. The summed E-state index contributed by atoms with van der Waals surface area (Å²) in [5.74, 6) is 1.08. The van der Waals surface area contributed by atoms with Gasteiger partial charge in [-0.2, -0.15) is 10.1 Å². The molecule has 1 aliphatic carbocycles. The van der Waals surface area contributed by atoms with E-state index in [1.807, 2.05) is 7.05 Å². The molecule has 2 N–H and O–H groups in total. The molecular weight excluding hydrogens is 320 g/mol. The van der Waals surface area contributed by atoms with Gasteiger partial charge in [-0.05, 0) is 26.8 Å². The van der Waals surface area contributed by atoms with E-state index < -0.39 is 0 Å². The van der Waals surface area contributed by atoms with E-state index in [1.54, 1.807) is 17.1 Å². The molecule has 0 aliphatic heterocycles. The van der Waals surface area contributed by atoms with Gasteiger partial charge in [-0.3, -0.25) is 9.48 Å². The molecule has 0 saturated heterocycles. The van der Waals surface area contributed by atoms with Crippen molar-refractivity contribution in [1.82, 2.24) is 30.6 Å². The van der Waals surface area contributed by atoms with Crippen LogP contribution in [0.4, 0.5) is 0 Å². The highest BCUT2D eigenvalue weighted by molar-refractivity contribution is 5.76. The third-order valence-corrected chi connectivity index (χ3v) is 4.61. The summed E-state index contributed by atoms with van der Waals surface area (Å²) in [6.07, 6.45) is 9.92. The Hall–Kier alpha value is -2.22. The standard InChI is InChI=1S/C17H26N6O2/c1-12(18-2)8-15-21-17(25-22-15)13-9-19-23(10-13)11-16(24)20-14-6-4-3-5-7-14/h9-10,12,14,18H,3-8,11H2,1-2H3,(H,20,24). The molecule has 1 saturated carbocycles. The van der Waals surface area contributed by atoms with Crippen molar-refractivity contribution < 1.29 is 9.32 Å². The third kappa shape index (κ3) is 4.88. The van der Waals surface area contributed by atoms with E-state index in [0.29, 0.717) is 24.2 Å². The lowest BCUT2D eigenvalue weighted by Crippen LogP contribution is -2.38. The predicted octanol–water partition coefficient (Wildman–Crippen LogP) is 1.53. The highest BCUT2D eigenvalue weighted by Gasteiger charge is 2.17. The van der Waals surface area contributed by atoms with E-state index in [-0.39, 0.29) is 18.5 Å². The second-order valence-corrected chi connectivity index (χ2v) is 6.74. The number of carbonyl (C=O) groups excluding carboxylic acids is 1. The molecule has 1 unspecified atom stereocenters. The number of aromatic nitrogens is 4. The molecular formula is C17H26N6O2. The normalized spacial score (nSPS) is 16.7. The van der Waals surface area contributed by atoms with Gasteiger partial charge in [0.2, 0.25) is 5.91 Å². The average Bonchev–Trinajstić information content (AvgIpc) is 3.25. The largest absolute Gasteiger partial charge is 0.352 e. The minimum Gasteiger partial charge on any atom is -0.352 e. The zero-order valence-corrected chi connectivity index (χ0v) is 14.9. The zero-order chi connectivity index (χ0) is 17.6. The number of amides is 1. The molecule has 8 heteroatoms. The third-order valence-electron chi connectivity index (χ3n) is 4.61. The summed E-state index contributed by atoms with van der Waals surface area (Å²) in [5.41, 5.74) is 0.723. The Balaban J connectivity index is 1.55. The molecule has 1 fully saturated rings. The number of nitrogens with one attached hydrogen (secondary N) is 2. The summed E-state index contributed by atoms with van der Waals surface area (Å²) < 4.78 is 6.90. The fraction of sp³-hybridized carbons (Fsp3) is 0.647. The first kappa shape index (κ1) is 17.6. The topological polar surface area (TPSA) is 97.9 Å². The fourth-order valence-corrected chi connectivity index (χ4v) is 3.06. The van der Waals surface area contributed by atoms with Gasteiger partial charge in [-0.1, -0.05) is 24.4 Å². The van der Waals surface area contributed by atoms with Gasteiger partial charge < -0.3 is 15.2 Å². The van der Waals surface area contributed by atoms with E-state index in [9.17, 15) is 4.79 Å². The van der Waals surface area contributed by atoms with Gasteiger partial charge in [0.25, 0.3) is 5.89 Å². The highest BCUT2D eigenvalue weighted by Crippen LogP contribution is 2.18. The van der Waals surface area contributed by atoms with Crippen molar-refractivity contribution in [1.29, 1.82) is 0 Å². The lowest BCUT2D eigenvalue weighted by molar-refractivity contribution is -0.122. The Bertz CT molecular complexity index is 689. The molecule has 25 heavy (non-hydrogen) atoms. The van der Waals surface area contributed by atoms with Crippen LogP contribution < -0.4 is 10.6 Å². The van der Waals surface area contributed by atoms with Crippen molar-refractivity contribution in [2.45, 2.75) is 64.1 Å². The van der Waals surface area contributed by atoms with E-state index in [2.05, 4.69) is 32.8 Å². The first-order chi connectivity index (χ1) is 12.1. The first-order valence-corrected chi connectivity index (χ1v) is 8.96. The summed E-state index contributed by atoms with van der Waals surface area (Å²) in [5, 5.41) is 14.4. The zero-order valence-electron chi connectivity index (χ0n) is 14.9. The van der Waals surface area contributed by atoms with Gasteiger partial charge in [-0.15, -0.1) is 0 Å². The van der Waals surface area contributed by atoms with Crippen LogP contribution in [0, 0.1) is 0 Å². The molecule has 0 bridgehead atoms. The van der Waals surface area contributed by atoms with Crippen LogP contribution in [-0.4, -0.2) is 45.0 Å². The molecule has 1 amide bonds. The average molecular weight is 346 g/mol. The fourth-order valence-electron chi connectivity index (χ4n) is 3.06. The van der Waals surface area contributed by atoms with E-state index in [4.69, 9.17) is 4.52 Å². The van der Waals surface area contributed by atoms with Gasteiger partial charge >= 0.3 is 0 Å². The van der Waals surface area contributed by atoms with Crippen LogP contribution in [0.25, 0.3) is 11.5 Å². The van der Waals surface area contributed by atoms with Crippen molar-refractivity contribution in [2.24, 2.45) is 0 Å². The quantitative estimate of drug-likeness (QED) is 0.789. The molecule has 8 nitrogen and oxygen atoms in total. The summed E-state index contributed by atoms with van der Waals surface area (Å²) in [4.78, 5) is 16.5. The lowest BCUT2D eigenvalue weighted by Gasteiger charge is -2.22. The molecule has 136 valence electrons. The van der Waals surface area contributed by atoms with Gasteiger partial charge in [0.1, 0.15) is 6.54 Å². The Morgan fingerprint density at radius 1 is 1.40 bits per heavy atom. The second-order valence-electron chi connectivity index (χ2n) is 6.74. The highest BCUT2D eigenvalue weighted by atomic mass is 16.5. The second kappa shape index (κ2) is 8.24. The molecule has 0 radical (unpaired) electrons. The number of carbonyl (C=O) groups is 1. The number of hydrogen-bond donors (Lipinski definition) is 2. The molecule has 2 aromatic rings. The van der Waals surface area contributed by atoms with Crippen molar-refractivity contribution in [3.8, 4) is 11.5 Å². The monoisotopic (exact) mass is 346 g/mol. The summed E-state index contributed by atoms with van der Waals surface area (Å²) in [6.45, 7) is 2.26. The molecule has 2 aromatic heterocycles. The van der Waals surface area contributed by atoms with Crippen LogP contribution in [0.1, 0.15) is 44.9 Å². The van der Waals surface area contributed by atoms with Gasteiger partial charge in [-0.25, -0.2) is 0 Å². The number of hydrogen-bond acceptors (Lipinski definition) is 6. The van der Waals surface area contributed by atoms with Crippen LogP contribution in [0.15, 0.2) is 16.9 Å². The lowest BCUT2D eigenvalue weighted by atomic mass is 9.95. The van der Waals surface area contributed by atoms with Gasteiger partial charge in [0.05, 0.1) is 11.8 Å².